The summed E-state index contributed by atoms with van der Waals surface area (Å²) in [5, 5.41) is 19.0. The number of hydrogen-bond acceptors (Lipinski definition) is 5. The molecule has 0 unspecified atom stereocenters. The van der Waals surface area contributed by atoms with Crippen molar-refractivity contribution in [3.63, 3.8) is 0 Å². The molecule has 0 aliphatic rings. The Balaban J connectivity index is 2.39. The molecule has 2 aromatic rings. The molecule has 106 valence electrons. The minimum absolute atomic E-state index is 0.0576. The van der Waals surface area contributed by atoms with Crippen molar-refractivity contribution in [2.75, 3.05) is 6.54 Å². The molecule has 0 saturated heterocycles. The maximum atomic E-state index is 11.0. The van der Waals surface area contributed by atoms with Crippen LogP contribution in [0, 0.1) is 17.0 Å². The number of nitro groups is 1. The molecule has 7 nitrogen and oxygen atoms in total. The van der Waals surface area contributed by atoms with Crippen LogP contribution in [0.2, 0.25) is 0 Å². The predicted octanol–water partition coefficient (Wildman–Crippen LogP) is 2.14. The highest BCUT2D eigenvalue weighted by Gasteiger charge is 2.16. The summed E-state index contributed by atoms with van der Waals surface area (Å²) in [6.45, 7) is 2.28. The minimum atomic E-state index is -0.405. The van der Waals surface area contributed by atoms with Gasteiger partial charge in [-0.05, 0) is 48.3 Å². The van der Waals surface area contributed by atoms with Crippen LogP contribution < -0.4 is 5.73 Å². The van der Waals surface area contributed by atoms with Gasteiger partial charge in [-0.2, -0.15) is 0 Å². The van der Waals surface area contributed by atoms with Crippen LogP contribution in [0.4, 0.5) is 5.69 Å². The molecule has 0 radical (unpaired) electrons. The first-order valence-corrected chi connectivity index (χ1v) is 6.88. The third kappa shape index (κ3) is 3.02. The van der Waals surface area contributed by atoms with Gasteiger partial charge in [-0.1, -0.05) is 5.21 Å². The largest absolute Gasteiger partial charge is 0.330 e. The smallest absolute Gasteiger partial charge is 0.274 e. The van der Waals surface area contributed by atoms with E-state index in [4.69, 9.17) is 5.73 Å². The average Bonchev–Trinajstić information content (AvgIpc) is 2.84. The third-order valence-electron chi connectivity index (χ3n) is 2.89. The molecule has 0 atom stereocenters. The quantitative estimate of drug-likeness (QED) is 0.664. The Hall–Kier alpha value is -1.80. The zero-order valence-electron chi connectivity index (χ0n) is 10.9. The summed E-state index contributed by atoms with van der Waals surface area (Å²) in [6.07, 6.45) is 3.32. The van der Waals surface area contributed by atoms with Crippen molar-refractivity contribution in [1.29, 1.82) is 0 Å². The van der Waals surface area contributed by atoms with Gasteiger partial charge in [-0.15, -0.1) is 5.10 Å². The van der Waals surface area contributed by atoms with Crippen LogP contribution in [0.1, 0.15) is 17.7 Å². The number of halogens is 1. The number of nitro benzene ring substituents is 1. The van der Waals surface area contributed by atoms with Gasteiger partial charge in [0.2, 0.25) is 0 Å². The van der Waals surface area contributed by atoms with Crippen molar-refractivity contribution in [2.45, 2.75) is 19.8 Å². The molecule has 0 aliphatic heterocycles. The van der Waals surface area contributed by atoms with Gasteiger partial charge in [0.1, 0.15) is 0 Å². The highest BCUT2D eigenvalue weighted by molar-refractivity contribution is 9.10. The lowest BCUT2D eigenvalue weighted by molar-refractivity contribution is -0.385. The maximum Gasteiger partial charge on any atom is 0.274 e. The first-order valence-electron chi connectivity index (χ1n) is 6.09. The lowest BCUT2D eigenvalue weighted by atomic mass is 10.2. The van der Waals surface area contributed by atoms with E-state index in [0.29, 0.717) is 17.8 Å². The van der Waals surface area contributed by atoms with E-state index in [1.54, 1.807) is 19.2 Å². The second kappa shape index (κ2) is 6.10. The monoisotopic (exact) mass is 339 g/mol. The van der Waals surface area contributed by atoms with E-state index in [1.807, 2.05) is 0 Å². The van der Waals surface area contributed by atoms with Crippen LogP contribution in [0.3, 0.4) is 0 Å². The summed E-state index contributed by atoms with van der Waals surface area (Å²) in [5.74, 6) is 0. The molecule has 20 heavy (non-hydrogen) atoms. The Morgan fingerprint density at radius 1 is 1.50 bits per heavy atom. The zero-order chi connectivity index (χ0) is 14.7. The molecular formula is C12H14BrN5O2. The fraction of sp³-hybridized carbons (Fsp3) is 0.333. The van der Waals surface area contributed by atoms with Crippen molar-refractivity contribution in [3.8, 4) is 5.69 Å². The first-order chi connectivity index (χ1) is 9.52. The SMILES string of the molecule is Cc1cc(Br)c(-n2cc(CCCN)nn2)cc1[N+](=O)[O-]. The molecule has 2 rings (SSSR count). The number of nitrogens with two attached hydrogens (primary N) is 1. The fourth-order valence-corrected chi connectivity index (χ4v) is 2.48. The summed E-state index contributed by atoms with van der Waals surface area (Å²) in [7, 11) is 0. The Morgan fingerprint density at radius 3 is 2.90 bits per heavy atom. The predicted molar refractivity (Wildman–Crippen MR) is 77.8 cm³/mol. The Morgan fingerprint density at radius 2 is 2.25 bits per heavy atom. The Kier molecular flexibility index (Phi) is 4.46. The molecule has 0 bridgehead atoms. The van der Waals surface area contributed by atoms with E-state index in [1.165, 1.54) is 10.7 Å². The molecule has 1 aromatic carbocycles. The molecule has 1 aromatic heterocycles. The summed E-state index contributed by atoms with van der Waals surface area (Å²) in [4.78, 5) is 10.6. The standard InChI is InChI=1S/C12H14BrN5O2/c1-8-5-10(13)12(6-11(8)18(19)20)17-7-9(15-16-17)3-2-4-14/h5-7H,2-4,14H2,1H3. The summed E-state index contributed by atoms with van der Waals surface area (Å²) >= 11 is 3.40. The van der Waals surface area contributed by atoms with Crippen LogP contribution in [0.15, 0.2) is 22.8 Å². The molecule has 0 spiro atoms. The maximum absolute atomic E-state index is 11.0. The highest BCUT2D eigenvalue weighted by atomic mass is 79.9. The molecule has 0 fully saturated rings. The van der Waals surface area contributed by atoms with Crippen molar-refractivity contribution in [2.24, 2.45) is 5.73 Å². The second-order valence-electron chi connectivity index (χ2n) is 4.39. The molecule has 2 N–H and O–H groups in total. The second-order valence-corrected chi connectivity index (χ2v) is 5.25. The zero-order valence-corrected chi connectivity index (χ0v) is 12.5. The third-order valence-corrected chi connectivity index (χ3v) is 3.52. The van der Waals surface area contributed by atoms with Crippen LogP contribution in [0.25, 0.3) is 5.69 Å². The molecule has 0 saturated carbocycles. The molecule has 1 heterocycles. The van der Waals surface area contributed by atoms with Gasteiger partial charge in [-0.25, -0.2) is 4.68 Å². The summed E-state index contributed by atoms with van der Waals surface area (Å²) < 4.78 is 2.26. The van der Waals surface area contributed by atoms with Crippen LogP contribution in [-0.4, -0.2) is 26.5 Å². The number of aryl methyl sites for hydroxylation is 2. The minimum Gasteiger partial charge on any atom is -0.330 e. The van der Waals surface area contributed by atoms with Crippen LogP contribution >= 0.6 is 15.9 Å². The van der Waals surface area contributed by atoms with E-state index < -0.39 is 4.92 Å². The molecule has 0 aliphatic carbocycles. The van der Waals surface area contributed by atoms with Gasteiger partial charge < -0.3 is 5.73 Å². The number of hydrogen-bond donors (Lipinski definition) is 1. The van der Waals surface area contributed by atoms with Crippen molar-refractivity contribution in [1.82, 2.24) is 15.0 Å². The van der Waals surface area contributed by atoms with E-state index in [2.05, 4.69) is 26.2 Å². The van der Waals surface area contributed by atoms with E-state index in [0.717, 1.165) is 23.0 Å². The van der Waals surface area contributed by atoms with Gasteiger partial charge >= 0.3 is 0 Å². The highest BCUT2D eigenvalue weighted by Crippen LogP contribution is 2.29. The number of nitrogens with zero attached hydrogens (tertiary/aromatic N) is 4. The Labute approximate surface area is 124 Å². The average molecular weight is 340 g/mol. The van der Waals surface area contributed by atoms with Gasteiger partial charge in [0.15, 0.2) is 0 Å². The fourth-order valence-electron chi connectivity index (χ4n) is 1.84. The van der Waals surface area contributed by atoms with E-state index >= 15 is 0 Å². The summed E-state index contributed by atoms with van der Waals surface area (Å²) in [6, 6.07) is 3.19. The normalized spacial score (nSPS) is 10.8. The molecule has 8 heteroatoms. The van der Waals surface area contributed by atoms with Gasteiger partial charge in [-0.3, -0.25) is 10.1 Å². The van der Waals surface area contributed by atoms with Crippen LogP contribution in [-0.2, 0) is 6.42 Å². The molecular weight excluding hydrogens is 326 g/mol. The van der Waals surface area contributed by atoms with Gasteiger partial charge in [0, 0.05) is 16.1 Å². The number of benzene rings is 1. The lowest BCUT2D eigenvalue weighted by Gasteiger charge is -2.05. The number of rotatable bonds is 5. The van der Waals surface area contributed by atoms with Crippen molar-refractivity contribution in [3.05, 3.63) is 44.2 Å². The van der Waals surface area contributed by atoms with Gasteiger partial charge in [0.25, 0.3) is 5.69 Å². The Bertz CT molecular complexity index is 641. The first kappa shape index (κ1) is 14.6. The number of aromatic nitrogens is 3. The topological polar surface area (TPSA) is 99.9 Å². The van der Waals surface area contributed by atoms with Crippen molar-refractivity contribution < 1.29 is 4.92 Å². The van der Waals surface area contributed by atoms with Crippen molar-refractivity contribution >= 4 is 21.6 Å². The van der Waals surface area contributed by atoms with E-state index in [-0.39, 0.29) is 5.69 Å². The molecule has 0 amide bonds. The van der Waals surface area contributed by atoms with E-state index in [9.17, 15) is 10.1 Å². The lowest BCUT2D eigenvalue weighted by Crippen LogP contribution is -2.00. The van der Waals surface area contributed by atoms with Gasteiger partial charge in [0.05, 0.1) is 22.5 Å². The van der Waals surface area contributed by atoms with Crippen LogP contribution in [0.5, 0.6) is 0 Å². The summed E-state index contributed by atoms with van der Waals surface area (Å²) in [5.41, 5.74) is 7.50.